The first-order valence-corrected chi connectivity index (χ1v) is 7.05. The van der Waals surface area contributed by atoms with Gasteiger partial charge in [0.25, 0.3) is 0 Å². The molecule has 2 aromatic carbocycles. The van der Waals surface area contributed by atoms with Gasteiger partial charge < -0.3 is 4.79 Å². The number of hydrogen-bond donors (Lipinski definition) is 0. The van der Waals surface area contributed by atoms with Crippen LogP contribution in [-0.2, 0) is 17.4 Å². The average molecular weight is 294 g/mol. The maximum absolute atomic E-state index is 13.0. The van der Waals surface area contributed by atoms with Crippen molar-refractivity contribution in [3.8, 4) is 0 Å². The summed E-state index contributed by atoms with van der Waals surface area (Å²) in [6, 6.07) is 9.40. The minimum Gasteiger partial charge on any atom is -0.303 e. The minimum absolute atomic E-state index is 0.260. The molecule has 0 atom stereocenters. The maximum Gasteiger partial charge on any atom is 0.417 e. The van der Waals surface area contributed by atoms with Crippen molar-refractivity contribution in [1.29, 1.82) is 0 Å². The molecule has 0 radical (unpaired) electrons. The van der Waals surface area contributed by atoms with Crippen molar-refractivity contribution in [1.82, 2.24) is 0 Å². The van der Waals surface area contributed by atoms with Crippen molar-refractivity contribution in [2.75, 3.05) is 0 Å². The Morgan fingerprint density at radius 3 is 2.29 bits per heavy atom. The minimum atomic E-state index is -4.33. The molecular formula is C17H17F3O. The van der Waals surface area contributed by atoms with Gasteiger partial charge in [-0.15, -0.1) is 0 Å². The van der Waals surface area contributed by atoms with Gasteiger partial charge in [-0.05, 0) is 41.7 Å². The fourth-order valence-electron chi connectivity index (χ4n) is 2.55. The molecule has 0 unspecified atom stereocenters. The smallest absolute Gasteiger partial charge is 0.303 e. The van der Waals surface area contributed by atoms with E-state index in [0.29, 0.717) is 11.8 Å². The second-order valence-corrected chi connectivity index (χ2v) is 5.08. The Bertz CT molecular complexity index is 617. The Morgan fingerprint density at radius 2 is 1.62 bits per heavy atom. The Hall–Kier alpha value is -1.84. The van der Waals surface area contributed by atoms with E-state index in [2.05, 4.69) is 0 Å². The standard InChI is InChI=1S/C17H17F3O/c18-17(19,20)16-11-10-13(7-3-1-2-6-12-21)14-8-4-5-9-15(14)16/h4-5,8-12H,1-3,6-7H2. The first kappa shape index (κ1) is 15.5. The number of fused-ring (bicyclic) bond motifs is 1. The van der Waals surface area contributed by atoms with E-state index in [-0.39, 0.29) is 5.39 Å². The molecule has 4 heteroatoms. The van der Waals surface area contributed by atoms with Crippen molar-refractivity contribution >= 4 is 17.1 Å². The lowest BCUT2D eigenvalue weighted by atomic mass is 9.96. The zero-order valence-electron chi connectivity index (χ0n) is 11.6. The fraction of sp³-hybridized carbons (Fsp3) is 0.353. The molecule has 0 amide bonds. The highest BCUT2D eigenvalue weighted by atomic mass is 19.4. The number of rotatable bonds is 6. The molecule has 21 heavy (non-hydrogen) atoms. The topological polar surface area (TPSA) is 17.1 Å². The maximum atomic E-state index is 13.0. The number of unbranched alkanes of at least 4 members (excludes halogenated alkanes) is 3. The Kier molecular flexibility index (Phi) is 4.99. The third-order valence-corrected chi connectivity index (χ3v) is 3.59. The second kappa shape index (κ2) is 6.74. The molecule has 0 fully saturated rings. The van der Waals surface area contributed by atoms with Crippen LogP contribution in [0.5, 0.6) is 0 Å². The molecule has 0 aliphatic carbocycles. The van der Waals surface area contributed by atoms with Crippen LogP contribution in [0.4, 0.5) is 13.2 Å². The van der Waals surface area contributed by atoms with E-state index in [1.54, 1.807) is 24.3 Å². The lowest BCUT2D eigenvalue weighted by Gasteiger charge is -2.13. The van der Waals surface area contributed by atoms with Crippen LogP contribution in [0.2, 0.25) is 0 Å². The molecule has 1 nitrogen and oxygen atoms in total. The summed E-state index contributed by atoms with van der Waals surface area (Å²) in [5.41, 5.74) is 0.354. The van der Waals surface area contributed by atoms with Gasteiger partial charge in [0, 0.05) is 6.42 Å². The molecule has 0 bridgehead atoms. The van der Waals surface area contributed by atoms with E-state index in [9.17, 15) is 18.0 Å². The highest BCUT2D eigenvalue weighted by molar-refractivity contribution is 5.89. The van der Waals surface area contributed by atoms with Crippen molar-refractivity contribution in [3.05, 3.63) is 47.5 Å². The normalized spacial score (nSPS) is 11.8. The number of alkyl halides is 3. The number of benzene rings is 2. The molecular weight excluding hydrogens is 277 g/mol. The monoisotopic (exact) mass is 294 g/mol. The van der Waals surface area contributed by atoms with E-state index >= 15 is 0 Å². The molecule has 0 heterocycles. The summed E-state index contributed by atoms with van der Waals surface area (Å²) in [6.07, 6.45) is 0.472. The van der Waals surface area contributed by atoms with E-state index < -0.39 is 11.7 Å². The van der Waals surface area contributed by atoms with Gasteiger partial charge in [-0.3, -0.25) is 0 Å². The average Bonchev–Trinajstić information content (AvgIpc) is 2.45. The van der Waals surface area contributed by atoms with E-state index in [0.717, 1.165) is 37.5 Å². The lowest BCUT2D eigenvalue weighted by Crippen LogP contribution is -2.06. The molecule has 112 valence electrons. The number of aryl methyl sites for hydroxylation is 1. The van der Waals surface area contributed by atoms with Gasteiger partial charge in [-0.25, -0.2) is 0 Å². The number of halogens is 3. The van der Waals surface area contributed by atoms with Crippen molar-refractivity contribution in [2.45, 2.75) is 38.3 Å². The van der Waals surface area contributed by atoms with Gasteiger partial charge in [0.1, 0.15) is 6.29 Å². The molecule has 2 aromatic rings. The number of carbonyl (C=O) groups is 1. The second-order valence-electron chi connectivity index (χ2n) is 5.08. The molecule has 2 rings (SSSR count). The van der Waals surface area contributed by atoms with Gasteiger partial charge >= 0.3 is 6.18 Å². The number of hydrogen-bond acceptors (Lipinski definition) is 1. The van der Waals surface area contributed by atoms with E-state index in [1.807, 2.05) is 0 Å². The van der Waals surface area contributed by atoms with Crippen LogP contribution in [0.3, 0.4) is 0 Å². The largest absolute Gasteiger partial charge is 0.417 e. The predicted molar refractivity (Wildman–Crippen MR) is 77.2 cm³/mol. The van der Waals surface area contributed by atoms with Crippen LogP contribution >= 0.6 is 0 Å². The fourth-order valence-corrected chi connectivity index (χ4v) is 2.55. The highest BCUT2D eigenvalue weighted by Gasteiger charge is 2.32. The number of aldehydes is 1. The first-order chi connectivity index (χ1) is 10.0. The Morgan fingerprint density at radius 1 is 0.905 bits per heavy atom. The van der Waals surface area contributed by atoms with Gasteiger partial charge in [0.05, 0.1) is 5.56 Å². The van der Waals surface area contributed by atoms with Crippen molar-refractivity contribution in [2.24, 2.45) is 0 Å². The summed E-state index contributed by atoms with van der Waals surface area (Å²) in [5.74, 6) is 0. The van der Waals surface area contributed by atoms with Crippen LogP contribution < -0.4 is 0 Å². The first-order valence-electron chi connectivity index (χ1n) is 7.05. The zero-order chi connectivity index (χ0) is 15.3. The van der Waals surface area contributed by atoms with E-state index in [4.69, 9.17) is 0 Å². The van der Waals surface area contributed by atoms with Crippen LogP contribution in [-0.4, -0.2) is 6.29 Å². The highest BCUT2D eigenvalue weighted by Crippen LogP contribution is 2.36. The van der Waals surface area contributed by atoms with Crippen molar-refractivity contribution in [3.63, 3.8) is 0 Å². The molecule has 0 aliphatic rings. The molecule has 0 saturated carbocycles. The Balaban J connectivity index is 2.24. The summed E-state index contributed by atoms with van der Waals surface area (Å²) >= 11 is 0. The van der Waals surface area contributed by atoms with Gasteiger partial charge in [0.15, 0.2) is 0 Å². The zero-order valence-corrected chi connectivity index (χ0v) is 11.6. The van der Waals surface area contributed by atoms with Crippen molar-refractivity contribution < 1.29 is 18.0 Å². The molecule has 0 aliphatic heterocycles. The summed E-state index contributed by atoms with van der Waals surface area (Å²) in [6.45, 7) is 0. The quantitative estimate of drug-likeness (QED) is 0.531. The van der Waals surface area contributed by atoms with Gasteiger partial charge in [-0.2, -0.15) is 13.2 Å². The summed E-state index contributed by atoms with van der Waals surface area (Å²) in [4.78, 5) is 10.2. The molecule has 0 spiro atoms. The van der Waals surface area contributed by atoms with E-state index in [1.165, 1.54) is 12.1 Å². The van der Waals surface area contributed by atoms with Crippen LogP contribution in [0.15, 0.2) is 36.4 Å². The molecule has 0 N–H and O–H groups in total. The summed E-state index contributed by atoms with van der Waals surface area (Å²) in [7, 11) is 0. The molecule has 0 aromatic heterocycles. The summed E-state index contributed by atoms with van der Waals surface area (Å²) < 4.78 is 39.0. The lowest BCUT2D eigenvalue weighted by molar-refractivity contribution is -0.136. The predicted octanol–water partition coefficient (Wildman–Crippen LogP) is 5.16. The third-order valence-electron chi connectivity index (χ3n) is 3.59. The van der Waals surface area contributed by atoms with Gasteiger partial charge in [0.2, 0.25) is 0 Å². The number of carbonyl (C=O) groups excluding carboxylic acids is 1. The van der Waals surface area contributed by atoms with Gasteiger partial charge in [-0.1, -0.05) is 36.8 Å². The molecule has 0 saturated heterocycles. The van der Waals surface area contributed by atoms with Crippen LogP contribution in [0.25, 0.3) is 10.8 Å². The third kappa shape index (κ3) is 3.84. The van der Waals surface area contributed by atoms with Crippen LogP contribution in [0, 0.1) is 0 Å². The SMILES string of the molecule is O=CCCCCCc1ccc(C(F)(F)F)c2ccccc12. The summed E-state index contributed by atoms with van der Waals surface area (Å²) in [5, 5.41) is 0.929. The van der Waals surface area contributed by atoms with Crippen LogP contribution in [0.1, 0.15) is 36.8 Å². The Labute approximate surface area is 121 Å².